The lowest BCUT2D eigenvalue weighted by Gasteiger charge is -2.21. The molecule has 0 N–H and O–H groups in total. The number of hydrogen-bond acceptors (Lipinski definition) is 8. The van der Waals surface area contributed by atoms with Gasteiger partial charge in [0.05, 0.1) is 15.1 Å². The Morgan fingerprint density at radius 3 is 2.27 bits per heavy atom. The molecule has 210 valence electrons. The Morgan fingerprint density at radius 2 is 1.60 bits per heavy atom. The second-order valence-electron chi connectivity index (χ2n) is 9.84. The second-order valence-corrected chi connectivity index (χ2v) is 12.9. The van der Waals surface area contributed by atoms with Crippen LogP contribution in [0.5, 0.6) is 11.5 Å². The van der Waals surface area contributed by atoms with Gasteiger partial charge in [0.25, 0.3) is 5.91 Å². The number of hydrogen-bond donors (Lipinski definition) is 0. The molecule has 11 heteroatoms. The van der Waals surface area contributed by atoms with Gasteiger partial charge in [0.2, 0.25) is 10.0 Å². The average Bonchev–Trinajstić information content (AvgIpc) is 3.36. The fourth-order valence-corrected chi connectivity index (χ4v) is 6.59. The zero-order chi connectivity index (χ0) is 28.3. The van der Waals surface area contributed by atoms with Gasteiger partial charge in [0.1, 0.15) is 13.2 Å². The lowest BCUT2D eigenvalue weighted by atomic mass is 10.2. The maximum atomic E-state index is 13.8. The van der Waals surface area contributed by atoms with Gasteiger partial charge in [-0.1, -0.05) is 41.7 Å². The SMILES string of the molecule is CN(C)CCCN(C(=O)c1ccc(S(=O)(=O)N(C)Cc2ccccc2)cc1)c1nc2cc3c(cc2s1)OCCO3. The number of ether oxygens (including phenoxy) is 2. The van der Waals surface area contributed by atoms with Crippen molar-refractivity contribution >= 4 is 42.6 Å². The van der Waals surface area contributed by atoms with Crippen LogP contribution in [0.3, 0.4) is 0 Å². The van der Waals surface area contributed by atoms with Crippen LogP contribution in [0, 0.1) is 0 Å². The van der Waals surface area contributed by atoms with Gasteiger partial charge < -0.3 is 14.4 Å². The molecule has 40 heavy (non-hydrogen) atoms. The highest BCUT2D eigenvalue weighted by atomic mass is 32.2. The predicted octanol–water partition coefficient (Wildman–Crippen LogP) is 4.49. The third-order valence-corrected chi connectivity index (χ3v) is 9.42. The minimum atomic E-state index is -3.73. The van der Waals surface area contributed by atoms with Crippen molar-refractivity contribution in [2.75, 3.05) is 52.3 Å². The van der Waals surface area contributed by atoms with Gasteiger partial charge in [-0.05, 0) is 56.9 Å². The van der Waals surface area contributed by atoms with Crippen LogP contribution in [-0.2, 0) is 16.6 Å². The molecule has 0 atom stereocenters. The molecular formula is C29H32N4O5S2. The van der Waals surface area contributed by atoms with E-state index in [0.29, 0.717) is 42.0 Å². The molecule has 1 aliphatic rings. The topological polar surface area (TPSA) is 92.3 Å². The number of amides is 1. The van der Waals surface area contributed by atoms with Crippen molar-refractivity contribution in [1.29, 1.82) is 0 Å². The highest BCUT2D eigenvalue weighted by molar-refractivity contribution is 7.89. The molecule has 0 fully saturated rings. The molecule has 1 aromatic heterocycles. The van der Waals surface area contributed by atoms with Crippen LogP contribution >= 0.6 is 11.3 Å². The zero-order valence-corrected chi connectivity index (χ0v) is 24.4. The molecule has 0 spiro atoms. The molecule has 0 saturated carbocycles. The van der Waals surface area contributed by atoms with Crippen LogP contribution in [0.25, 0.3) is 10.2 Å². The summed E-state index contributed by atoms with van der Waals surface area (Å²) in [6, 6.07) is 19.3. The van der Waals surface area contributed by atoms with Crippen molar-refractivity contribution in [1.82, 2.24) is 14.2 Å². The fourth-order valence-electron chi connectivity index (χ4n) is 4.43. The first-order valence-corrected chi connectivity index (χ1v) is 15.2. The predicted molar refractivity (Wildman–Crippen MR) is 157 cm³/mol. The number of fused-ring (bicyclic) bond motifs is 2. The van der Waals surface area contributed by atoms with Gasteiger partial charge in [0.15, 0.2) is 16.6 Å². The summed E-state index contributed by atoms with van der Waals surface area (Å²) in [5.41, 5.74) is 2.01. The molecular weight excluding hydrogens is 548 g/mol. The maximum absolute atomic E-state index is 13.8. The van der Waals surface area contributed by atoms with E-state index in [2.05, 4.69) is 4.90 Å². The van der Waals surface area contributed by atoms with Crippen molar-refractivity contribution in [2.45, 2.75) is 17.9 Å². The Labute approximate surface area is 238 Å². The summed E-state index contributed by atoms with van der Waals surface area (Å²) in [5, 5.41) is 0.570. The fraction of sp³-hybridized carbons (Fsp3) is 0.310. The van der Waals surface area contributed by atoms with E-state index in [-0.39, 0.29) is 17.3 Å². The summed E-state index contributed by atoms with van der Waals surface area (Å²) in [7, 11) is 1.80. The van der Waals surface area contributed by atoms with Crippen molar-refractivity contribution in [3.8, 4) is 11.5 Å². The number of thiazole rings is 1. The van der Waals surface area contributed by atoms with Crippen LogP contribution < -0.4 is 14.4 Å². The van der Waals surface area contributed by atoms with E-state index in [4.69, 9.17) is 14.5 Å². The number of benzene rings is 3. The summed E-state index contributed by atoms with van der Waals surface area (Å²) in [6.07, 6.45) is 0.744. The summed E-state index contributed by atoms with van der Waals surface area (Å²) in [5.74, 6) is 1.08. The number of anilines is 1. The molecule has 0 bridgehead atoms. The number of carbonyl (C=O) groups is 1. The lowest BCUT2D eigenvalue weighted by molar-refractivity contribution is 0.0986. The largest absolute Gasteiger partial charge is 0.486 e. The molecule has 0 unspecified atom stereocenters. The molecule has 2 heterocycles. The Balaban J connectivity index is 1.39. The molecule has 1 amide bonds. The molecule has 1 aliphatic heterocycles. The summed E-state index contributed by atoms with van der Waals surface area (Å²) in [4.78, 5) is 22.4. The maximum Gasteiger partial charge on any atom is 0.260 e. The molecule has 9 nitrogen and oxygen atoms in total. The van der Waals surface area contributed by atoms with Crippen molar-refractivity contribution in [2.24, 2.45) is 0 Å². The van der Waals surface area contributed by atoms with E-state index < -0.39 is 10.0 Å². The number of carbonyl (C=O) groups excluding carboxylic acids is 1. The number of rotatable bonds is 10. The highest BCUT2D eigenvalue weighted by Gasteiger charge is 2.25. The van der Waals surface area contributed by atoms with E-state index in [1.54, 1.807) is 24.1 Å². The van der Waals surface area contributed by atoms with E-state index in [0.717, 1.165) is 28.7 Å². The first-order valence-electron chi connectivity index (χ1n) is 13.0. The molecule has 0 aliphatic carbocycles. The standard InChI is InChI=1S/C29H32N4O5S2/c1-31(2)14-7-15-33(29-30-24-18-25-26(19-27(24)39-29)38-17-16-37-25)28(34)22-10-12-23(13-11-22)40(35,36)32(3)20-21-8-5-4-6-9-21/h4-6,8-13,18-19H,7,14-17,20H2,1-3H3. The third kappa shape index (κ3) is 6.12. The smallest absolute Gasteiger partial charge is 0.260 e. The first-order chi connectivity index (χ1) is 19.2. The Kier molecular flexibility index (Phi) is 8.36. The molecule has 4 aromatic rings. The number of sulfonamides is 1. The van der Waals surface area contributed by atoms with E-state index in [1.807, 2.05) is 56.6 Å². The van der Waals surface area contributed by atoms with Gasteiger partial charge in [0, 0.05) is 37.8 Å². The van der Waals surface area contributed by atoms with Crippen molar-refractivity contribution in [3.05, 3.63) is 77.9 Å². The minimum Gasteiger partial charge on any atom is -0.486 e. The van der Waals surface area contributed by atoms with E-state index in [1.165, 1.54) is 27.8 Å². The summed E-state index contributed by atoms with van der Waals surface area (Å²) < 4.78 is 40.0. The average molecular weight is 581 g/mol. The Bertz CT molecular complexity index is 1550. The highest BCUT2D eigenvalue weighted by Crippen LogP contribution is 2.39. The van der Waals surface area contributed by atoms with Gasteiger partial charge in [-0.2, -0.15) is 4.31 Å². The first kappa shape index (κ1) is 28.0. The Morgan fingerprint density at radius 1 is 0.925 bits per heavy atom. The van der Waals surface area contributed by atoms with Crippen LogP contribution in [0.4, 0.5) is 5.13 Å². The molecule has 0 saturated heterocycles. The number of nitrogens with zero attached hydrogens (tertiary/aromatic N) is 4. The Hall–Kier alpha value is -3.51. The van der Waals surface area contributed by atoms with Gasteiger partial charge in [-0.25, -0.2) is 13.4 Å². The van der Waals surface area contributed by atoms with E-state index in [9.17, 15) is 13.2 Å². The van der Waals surface area contributed by atoms with Crippen LogP contribution in [-0.4, -0.2) is 76.0 Å². The molecule has 3 aromatic carbocycles. The van der Waals surface area contributed by atoms with Gasteiger partial charge in [-0.3, -0.25) is 9.69 Å². The van der Waals surface area contributed by atoms with Crippen LogP contribution in [0.15, 0.2) is 71.6 Å². The quantitative estimate of drug-likeness (QED) is 0.273. The normalized spacial score (nSPS) is 13.2. The lowest BCUT2D eigenvalue weighted by Crippen LogP contribution is -2.33. The van der Waals surface area contributed by atoms with Crippen LogP contribution in [0.1, 0.15) is 22.3 Å². The summed E-state index contributed by atoms with van der Waals surface area (Å²) >= 11 is 1.41. The summed E-state index contributed by atoms with van der Waals surface area (Å²) in [6.45, 7) is 2.49. The third-order valence-electron chi connectivity index (χ3n) is 6.56. The molecule has 0 radical (unpaired) electrons. The van der Waals surface area contributed by atoms with Gasteiger partial charge in [-0.15, -0.1) is 0 Å². The van der Waals surface area contributed by atoms with Crippen LogP contribution in [0.2, 0.25) is 0 Å². The zero-order valence-electron chi connectivity index (χ0n) is 22.7. The minimum absolute atomic E-state index is 0.132. The monoisotopic (exact) mass is 580 g/mol. The molecule has 5 rings (SSSR count). The van der Waals surface area contributed by atoms with Crippen molar-refractivity contribution < 1.29 is 22.7 Å². The van der Waals surface area contributed by atoms with Crippen molar-refractivity contribution in [3.63, 3.8) is 0 Å². The second kappa shape index (κ2) is 11.9. The van der Waals surface area contributed by atoms with E-state index >= 15 is 0 Å². The number of aromatic nitrogens is 1. The van der Waals surface area contributed by atoms with Gasteiger partial charge >= 0.3 is 0 Å².